The molecule has 0 aromatic heterocycles. The van der Waals surface area contributed by atoms with Crippen LogP contribution in [0.2, 0.25) is 5.02 Å². The number of aliphatic hydroxyl groups is 1. The molecular weight excluding hydrogens is 296 g/mol. The smallest absolute Gasteiger partial charge is 0.126 e. The average molecular weight is 312 g/mol. The number of nitrogens with one attached hydrogen (secondary N) is 1. The molecule has 0 fully saturated rings. The van der Waals surface area contributed by atoms with Gasteiger partial charge >= 0.3 is 0 Å². The number of hydrogen-bond acceptors (Lipinski definition) is 2. The van der Waals surface area contributed by atoms with Gasteiger partial charge in [0.25, 0.3) is 0 Å². The average Bonchev–Trinajstić information content (AvgIpc) is 2.44. The third-order valence-electron chi connectivity index (χ3n) is 3.29. The molecule has 112 valence electrons. The maximum Gasteiger partial charge on any atom is 0.126 e. The zero-order chi connectivity index (χ0) is 15.4. The van der Waals surface area contributed by atoms with Gasteiger partial charge in [-0.25, -0.2) is 8.78 Å². The Labute approximate surface area is 127 Å². The molecule has 0 amide bonds. The van der Waals surface area contributed by atoms with Crippen LogP contribution in [-0.2, 0) is 0 Å². The van der Waals surface area contributed by atoms with E-state index in [1.165, 1.54) is 12.1 Å². The summed E-state index contributed by atoms with van der Waals surface area (Å²) >= 11 is 5.83. The van der Waals surface area contributed by atoms with E-state index in [4.69, 9.17) is 11.6 Å². The van der Waals surface area contributed by atoms with Gasteiger partial charge in [0.05, 0.1) is 12.6 Å². The lowest BCUT2D eigenvalue weighted by Gasteiger charge is -2.22. The molecule has 2 atom stereocenters. The molecule has 2 nitrogen and oxygen atoms in total. The Balaban J connectivity index is 2.15. The van der Waals surface area contributed by atoms with Gasteiger partial charge in [-0.3, -0.25) is 0 Å². The third kappa shape index (κ3) is 4.24. The molecule has 0 spiro atoms. The first-order chi connectivity index (χ1) is 9.99. The summed E-state index contributed by atoms with van der Waals surface area (Å²) in [6, 6.07) is 9.78. The van der Waals surface area contributed by atoms with E-state index in [2.05, 4.69) is 5.32 Å². The van der Waals surface area contributed by atoms with Gasteiger partial charge in [0, 0.05) is 17.1 Å². The van der Waals surface area contributed by atoms with Crippen molar-refractivity contribution >= 4 is 11.6 Å². The van der Waals surface area contributed by atoms with E-state index in [1.807, 2.05) is 0 Å². The van der Waals surface area contributed by atoms with E-state index in [-0.39, 0.29) is 18.7 Å². The monoisotopic (exact) mass is 311 g/mol. The Hall–Kier alpha value is -1.49. The molecule has 2 aromatic carbocycles. The largest absolute Gasteiger partial charge is 0.394 e. The van der Waals surface area contributed by atoms with Crippen molar-refractivity contribution in [1.82, 2.24) is 5.32 Å². The number of rotatable bonds is 5. The van der Waals surface area contributed by atoms with Gasteiger partial charge < -0.3 is 10.4 Å². The summed E-state index contributed by atoms with van der Waals surface area (Å²) in [6.45, 7) is 1.65. The van der Waals surface area contributed by atoms with Crippen LogP contribution in [0.15, 0.2) is 42.5 Å². The molecule has 2 N–H and O–H groups in total. The summed E-state index contributed by atoms with van der Waals surface area (Å²) in [7, 11) is 0. The van der Waals surface area contributed by atoms with Crippen LogP contribution >= 0.6 is 11.6 Å². The molecule has 2 unspecified atom stereocenters. The van der Waals surface area contributed by atoms with E-state index in [1.54, 1.807) is 31.2 Å². The highest BCUT2D eigenvalue weighted by molar-refractivity contribution is 6.30. The van der Waals surface area contributed by atoms with Gasteiger partial charge in [-0.15, -0.1) is 0 Å². The Kier molecular flexibility index (Phi) is 5.28. The number of hydrogen-bond donors (Lipinski definition) is 2. The Morgan fingerprint density at radius 2 is 1.62 bits per heavy atom. The lowest BCUT2D eigenvalue weighted by molar-refractivity contribution is 0.235. The Morgan fingerprint density at radius 1 is 1.05 bits per heavy atom. The van der Waals surface area contributed by atoms with Gasteiger partial charge in [-0.05, 0) is 42.3 Å². The van der Waals surface area contributed by atoms with Crippen molar-refractivity contribution < 1.29 is 13.9 Å². The van der Waals surface area contributed by atoms with E-state index in [9.17, 15) is 13.9 Å². The molecule has 0 aliphatic heterocycles. The Bertz CT molecular complexity index is 583. The fourth-order valence-electron chi connectivity index (χ4n) is 2.17. The van der Waals surface area contributed by atoms with Gasteiger partial charge in [-0.1, -0.05) is 23.7 Å². The number of halogens is 3. The highest BCUT2D eigenvalue weighted by atomic mass is 35.5. The van der Waals surface area contributed by atoms with Crippen molar-refractivity contribution in [2.45, 2.75) is 19.0 Å². The zero-order valence-corrected chi connectivity index (χ0v) is 12.2. The van der Waals surface area contributed by atoms with Crippen LogP contribution in [0.4, 0.5) is 8.78 Å². The van der Waals surface area contributed by atoms with Crippen LogP contribution in [0.5, 0.6) is 0 Å². The van der Waals surface area contributed by atoms with Crippen molar-refractivity contribution in [2.24, 2.45) is 0 Å². The van der Waals surface area contributed by atoms with Crippen LogP contribution in [-0.4, -0.2) is 11.7 Å². The second-order valence-corrected chi connectivity index (χ2v) is 5.31. The summed E-state index contributed by atoms with van der Waals surface area (Å²) in [4.78, 5) is 0. The summed E-state index contributed by atoms with van der Waals surface area (Å²) < 4.78 is 26.5. The highest BCUT2D eigenvalue weighted by Gasteiger charge is 2.15. The summed E-state index contributed by atoms with van der Waals surface area (Å²) in [5.41, 5.74) is 1.34. The minimum Gasteiger partial charge on any atom is -0.394 e. The molecule has 0 saturated heterocycles. The molecule has 2 aromatic rings. The summed E-state index contributed by atoms with van der Waals surface area (Å²) in [6.07, 6.45) is 0. The summed E-state index contributed by atoms with van der Waals surface area (Å²) in [5, 5.41) is 13.3. The maximum absolute atomic E-state index is 13.2. The van der Waals surface area contributed by atoms with Crippen LogP contribution < -0.4 is 5.32 Å². The SMILES string of the molecule is CC(NC(CO)c1ccc(Cl)cc1)c1cc(F)cc(F)c1. The van der Waals surface area contributed by atoms with E-state index >= 15 is 0 Å². The van der Waals surface area contributed by atoms with Crippen LogP contribution in [0.3, 0.4) is 0 Å². The van der Waals surface area contributed by atoms with Gasteiger partial charge in [0.1, 0.15) is 11.6 Å². The quantitative estimate of drug-likeness (QED) is 0.874. The zero-order valence-electron chi connectivity index (χ0n) is 11.5. The van der Waals surface area contributed by atoms with Crippen molar-refractivity contribution in [3.63, 3.8) is 0 Å². The highest BCUT2D eigenvalue weighted by Crippen LogP contribution is 2.22. The molecule has 21 heavy (non-hydrogen) atoms. The first-order valence-corrected chi connectivity index (χ1v) is 6.95. The van der Waals surface area contributed by atoms with Crippen molar-refractivity contribution in [3.8, 4) is 0 Å². The first kappa shape index (κ1) is 15.9. The van der Waals surface area contributed by atoms with Crippen LogP contribution in [0.25, 0.3) is 0 Å². The summed E-state index contributed by atoms with van der Waals surface area (Å²) in [5.74, 6) is -1.24. The van der Waals surface area contributed by atoms with Crippen molar-refractivity contribution in [3.05, 3.63) is 70.2 Å². The van der Waals surface area contributed by atoms with E-state index < -0.39 is 11.6 Å². The first-order valence-electron chi connectivity index (χ1n) is 6.58. The minimum atomic E-state index is -0.620. The lowest BCUT2D eigenvalue weighted by Crippen LogP contribution is -2.27. The van der Waals surface area contributed by atoms with E-state index in [0.29, 0.717) is 10.6 Å². The normalized spacial score (nSPS) is 14.0. The molecule has 0 aliphatic carbocycles. The number of benzene rings is 2. The standard InChI is InChI=1S/C16H16ClF2NO/c1-10(12-6-14(18)8-15(19)7-12)20-16(9-21)11-2-4-13(17)5-3-11/h2-8,10,16,20-21H,9H2,1H3. The van der Waals surface area contributed by atoms with Gasteiger partial charge in [0.15, 0.2) is 0 Å². The predicted octanol–water partition coefficient (Wildman–Crippen LogP) is 4.00. The second-order valence-electron chi connectivity index (χ2n) is 4.88. The predicted molar refractivity (Wildman–Crippen MR) is 79.2 cm³/mol. The molecule has 0 heterocycles. The lowest BCUT2D eigenvalue weighted by atomic mass is 10.0. The molecular formula is C16H16ClF2NO. The van der Waals surface area contributed by atoms with Crippen LogP contribution in [0.1, 0.15) is 30.1 Å². The molecule has 0 saturated carbocycles. The van der Waals surface area contributed by atoms with Crippen molar-refractivity contribution in [1.29, 1.82) is 0 Å². The molecule has 0 radical (unpaired) electrons. The number of aliphatic hydroxyl groups excluding tert-OH is 1. The maximum atomic E-state index is 13.2. The molecule has 2 rings (SSSR count). The van der Waals surface area contributed by atoms with Crippen LogP contribution in [0, 0.1) is 11.6 Å². The van der Waals surface area contributed by atoms with E-state index in [0.717, 1.165) is 11.6 Å². The van der Waals surface area contributed by atoms with Crippen molar-refractivity contribution in [2.75, 3.05) is 6.61 Å². The van der Waals surface area contributed by atoms with Gasteiger partial charge in [0.2, 0.25) is 0 Å². The topological polar surface area (TPSA) is 32.3 Å². The molecule has 0 aliphatic rings. The minimum absolute atomic E-state index is 0.135. The molecule has 5 heteroatoms. The fourth-order valence-corrected chi connectivity index (χ4v) is 2.30. The third-order valence-corrected chi connectivity index (χ3v) is 3.54. The van der Waals surface area contributed by atoms with Gasteiger partial charge in [-0.2, -0.15) is 0 Å². The molecule has 0 bridgehead atoms. The Morgan fingerprint density at radius 3 is 2.14 bits per heavy atom. The fraction of sp³-hybridized carbons (Fsp3) is 0.250. The second kappa shape index (κ2) is 6.98.